The first-order valence-corrected chi connectivity index (χ1v) is 3.89. The summed E-state index contributed by atoms with van der Waals surface area (Å²) < 4.78 is 13.1. The summed E-state index contributed by atoms with van der Waals surface area (Å²) in [6.07, 6.45) is 0. The van der Waals surface area contributed by atoms with Crippen LogP contribution in [-0.2, 0) is 0 Å². The zero-order valence-electron chi connectivity index (χ0n) is 7.80. The van der Waals surface area contributed by atoms with Crippen molar-refractivity contribution in [1.29, 1.82) is 0 Å². The molecule has 5 nitrogen and oxygen atoms in total. The molecular formula is C8H10FN3O2. The average Bonchev–Trinajstić information content (AvgIpc) is 2.09. The Bertz CT molecular complexity index is 393. The highest BCUT2D eigenvalue weighted by atomic mass is 19.1. The van der Waals surface area contributed by atoms with Crippen molar-refractivity contribution >= 4 is 17.1 Å². The van der Waals surface area contributed by atoms with Gasteiger partial charge in [0.15, 0.2) is 0 Å². The molecule has 6 heteroatoms. The molecule has 0 atom stereocenters. The molecular weight excluding hydrogens is 189 g/mol. The lowest BCUT2D eigenvalue weighted by Gasteiger charge is -2.08. The van der Waals surface area contributed by atoms with Crippen LogP contribution in [0.5, 0.6) is 0 Å². The van der Waals surface area contributed by atoms with E-state index in [1.54, 1.807) is 0 Å². The third-order valence-electron chi connectivity index (χ3n) is 1.91. The predicted octanol–water partition coefficient (Wildman–Crippen LogP) is 1.67. The van der Waals surface area contributed by atoms with E-state index in [-0.39, 0.29) is 22.6 Å². The number of hydrogen-bond acceptors (Lipinski definition) is 4. The van der Waals surface area contributed by atoms with Crippen LogP contribution in [0.15, 0.2) is 6.07 Å². The van der Waals surface area contributed by atoms with Crippen LogP contribution in [0.25, 0.3) is 0 Å². The van der Waals surface area contributed by atoms with Crippen molar-refractivity contribution in [2.75, 3.05) is 18.1 Å². The number of benzene rings is 1. The molecule has 0 fully saturated rings. The lowest BCUT2D eigenvalue weighted by atomic mass is 10.1. The summed E-state index contributed by atoms with van der Waals surface area (Å²) in [7, 11) is 1.46. The Morgan fingerprint density at radius 3 is 2.64 bits per heavy atom. The van der Waals surface area contributed by atoms with Gasteiger partial charge in [0.1, 0.15) is 11.5 Å². The van der Waals surface area contributed by atoms with Gasteiger partial charge in [-0.25, -0.2) is 4.39 Å². The van der Waals surface area contributed by atoms with E-state index in [1.165, 1.54) is 14.0 Å². The summed E-state index contributed by atoms with van der Waals surface area (Å²) in [6.45, 7) is 1.46. The number of halogens is 1. The first-order chi connectivity index (χ1) is 6.49. The van der Waals surface area contributed by atoms with Crippen molar-refractivity contribution in [3.8, 4) is 0 Å². The lowest BCUT2D eigenvalue weighted by Crippen LogP contribution is -2.05. The number of nitrogens with one attached hydrogen (secondary N) is 1. The van der Waals surface area contributed by atoms with Crippen molar-refractivity contribution in [1.82, 2.24) is 0 Å². The molecule has 0 heterocycles. The van der Waals surface area contributed by atoms with Gasteiger partial charge >= 0.3 is 0 Å². The number of nitrogens with zero attached hydrogens (tertiary/aromatic N) is 1. The topological polar surface area (TPSA) is 81.2 Å². The lowest BCUT2D eigenvalue weighted by molar-refractivity contribution is -0.384. The maximum Gasteiger partial charge on any atom is 0.297 e. The highest BCUT2D eigenvalue weighted by Gasteiger charge is 2.21. The van der Waals surface area contributed by atoms with Crippen LogP contribution in [-0.4, -0.2) is 12.0 Å². The molecule has 0 saturated carbocycles. The third-order valence-corrected chi connectivity index (χ3v) is 1.91. The van der Waals surface area contributed by atoms with Gasteiger partial charge in [0.2, 0.25) is 0 Å². The summed E-state index contributed by atoms with van der Waals surface area (Å²) in [5, 5.41) is 13.2. The van der Waals surface area contributed by atoms with E-state index in [2.05, 4.69) is 5.32 Å². The summed E-state index contributed by atoms with van der Waals surface area (Å²) in [4.78, 5) is 10.1. The maximum absolute atomic E-state index is 13.1. The van der Waals surface area contributed by atoms with E-state index in [4.69, 9.17) is 5.73 Å². The largest absolute Gasteiger partial charge is 0.394 e. The van der Waals surface area contributed by atoms with Gasteiger partial charge in [0.25, 0.3) is 5.69 Å². The molecule has 0 aliphatic carbocycles. The number of nitro groups is 1. The predicted molar refractivity (Wildman–Crippen MR) is 51.8 cm³/mol. The second-order valence-corrected chi connectivity index (χ2v) is 2.82. The van der Waals surface area contributed by atoms with E-state index in [9.17, 15) is 14.5 Å². The van der Waals surface area contributed by atoms with Crippen LogP contribution in [0.1, 0.15) is 5.56 Å². The molecule has 14 heavy (non-hydrogen) atoms. The summed E-state index contributed by atoms with van der Waals surface area (Å²) >= 11 is 0. The molecule has 1 aromatic carbocycles. The minimum Gasteiger partial charge on any atom is -0.394 e. The molecule has 76 valence electrons. The molecule has 0 aliphatic rings. The first kappa shape index (κ1) is 10.2. The number of nitro benzene ring substituents is 1. The van der Waals surface area contributed by atoms with Gasteiger partial charge < -0.3 is 11.1 Å². The number of nitrogens with two attached hydrogens (primary N) is 1. The van der Waals surface area contributed by atoms with E-state index < -0.39 is 10.7 Å². The Morgan fingerprint density at radius 2 is 2.21 bits per heavy atom. The fourth-order valence-electron chi connectivity index (χ4n) is 1.27. The normalized spacial score (nSPS) is 9.93. The second-order valence-electron chi connectivity index (χ2n) is 2.82. The molecule has 0 aliphatic heterocycles. The van der Waals surface area contributed by atoms with Crippen molar-refractivity contribution in [3.05, 3.63) is 27.6 Å². The first-order valence-electron chi connectivity index (χ1n) is 3.89. The zero-order chi connectivity index (χ0) is 10.9. The monoisotopic (exact) mass is 199 g/mol. The molecule has 0 aromatic heterocycles. The van der Waals surface area contributed by atoms with Gasteiger partial charge in [0.05, 0.1) is 10.6 Å². The second kappa shape index (κ2) is 3.49. The van der Waals surface area contributed by atoms with Crippen molar-refractivity contribution in [2.24, 2.45) is 0 Å². The van der Waals surface area contributed by atoms with Gasteiger partial charge in [-0.05, 0) is 13.0 Å². The number of anilines is 2. The van der Waals surface area contributed by atoms with Crippen LogP contribution in [0.3, 0.4) is 0 Å². The fourth-order valence-corrected chi connectivity index (χ4v) is 1.27. The van der Waals surface area contributed by atoms with Crippen molar-refractivity contribution in [3.63, 3.8) is 0 Å². The Morgan fingerprint density at radius 1 is 1.64 bits per heavy atom. The molecule has 0 unspecified atom stereocenters. The summed E-state index contributed by atoms with van der Waals surface area (Å²) in [6, 6.07) is 1.05. The molecule has 3 N–H and O–H groups in total. The van der Waals surface area contributed by atoms with Crippen molar-refractivity contribution < 1.29 is 9.31 Å². The molecule has 0 bridgehead atoms. The van der Waals surface area contributed by atoms with Crippen molar-refractivity contribution in [2.45, 2.75) is 6.92 Å². The molecule has 0 amide bonds. The Labute approximate surface area is 79.9 Å². The van der Waals surface area contributed by atoms with Crippen LogP contribution in [0.4, 0.5) is 21.5 Å². The van der Waals surface area contributed by atoms with Crippen LogP contribution >= 0.6 is 0 Å². The minimum absolute atomic E-state index is 0.0208. The quantitative estimate of drug-likeness (QED) is 0.431. The number of nitrogen functional groups attached to an aromatic ring is 1. The van der Waals surface area contributed by atoms with E-state index in [0.717, 1.165) is 6.07 Å². The van der Waals surface area contributed by atoms with Gasteiger partial charge in [-0.15, -0.1) is 0 Å². The maximum atomic E-state index is 13.1. The molecule has 0 radical (unpaired) electrons. The SMILES string of the molecule is CNc1c(N)c(F)cc(C)c1[N+](=O)[O-]. The number of rotatable bonds is 2. The Balaban J connectivity index is 3.55. The van der Waals surface area contributed by atoms with Crippen LogP contribution in [0.2, 0.25) is 0 Å². The van der Waals surface area contributed by atoms with Gasteiger partial charge in [0, 0.05) is 12.6 Å². The van der Waals surface area contributed by atoms with E-state index >= 15 is 0 Å². The van der Waals surface area contributed by atoms with Gasteiger partial charge in [-0.2, -0.15) is 0 Å². The van der Waals surface area contributed by atoms with Crippen LogP contribution in [0, 0.1) is 22.9 Å². The minimum atomic E-state index is -0.655. The highest BCUT2D eigenvalue weighted by molar-refractivity contribution is 5.79. The third kappa shape index (κ3) is 1.46. The summed E-state index contributed by atoms with van der Waals surface area (Å²) in [5.41, 5.74) is 5.20. The highest BCUT2D eigenvalue weighted by Crippen LogP contribution is 2.35. The molecule has 0 saturated heterocycles. The molecule has 1 rings (SSSR count). The summed E-state index contributed by atoms with van der Waals surface area (Å²) in [5.74, 6) is -0.655. The Kier molecular flexibility index (Phi) is 2.55. The average molecular weight is 199 g/mol. The smallest absolute Gasteiger partial charge is 0.297 e. The molecule has 0 spiro atoms. The van der Waals surface area contributed by atoms with Crippen LogP contribution < -0.4 is 11.1 Å². The zero-order valence-corrected chi connectivity index (χ0v) is 7.80. The van der Waals surface area contributed by atoms with Gasteiger partial charge in [-0.3, -0.25) is 10.1 Å². The van der Waals surface area contributed by atoms with E-state index in [1.807, 2.05) is 0 Å². The number of aryl methyl sites for hydroxylation is 1. The Hall–Kier alpha value is -1.85. The standard InChI is InChI=1S/C8H10FN3O2/c1-4-3-5(9)6(10)7(11-2)8(4)12(13)14/h3,11H,10H2,1-2H3. The number of hydrogen-bond donors (Lipinski definition) is 2. The molecule has 1 aromatic rings. The fraction of sp³-hybridized carbons (Fsp3) is 0.250. The van der Waals surface area contributed by atoms with Gasteiger partial charge in [-0.1, -0.05) is 0 Å². The van der Waals surface area contributed by atoms with E-state index in [0.29, 0.717) is 0 Å².